The molecule has 1 saturated heterocycles. The summed E-state index contributed by atoms with van der Waals surface area (Å²) in [5.41, 5.74) is 0. The number of hydrogen-bond acceptors (Lipinski definition) is 3. The van der Waals surface area contributed by atoms with Crippen LogP contribution in [0.4, 0.5) is 0 Å². The van der Waals surface area contributed by atoms with Crippen molar-refractivity contribution in [3.63, 3.8) is 0 Å². The minimum absolute atomic E-state index is 0.347. The van der Waals surface area contributed by atoms with Gasteiger partial charge in [0.25, 0.3) is 0 Å². The minimum Gasteiger partial charge on any atom is -0.396 e. The van der Waals surface area contributed by atoms with Crippen LogP contribution in [0.2, 0.25) is 0 Å². The molecule has 0 bridgehead atoms. The molecule has 1 atom stereocenters. The van der Waals surface area contributed by atoms with E-state index in [1.54, 1.807) is 0 Å². The summed E-state index contributed by atoms with van der Waals surface area (Å²) < 4.78 is 0. The van der Waals surface area contributed by atoms with E-state index in [2.05, 4.69) is 23.8 Å². The van der Waals surface area contributed by atoms with E-state index >= 15 is 0 Å². The molecule has 1 N–H and O–H groups in total. The molecule has 16 heavy (non-hydrogen) atoms. The predicted octanol–water partition coefficient (Wildman–Crippen LogP) is 1.42. The third kappa shape index (κ3) is 5.83. The number of aliphatic hydroxyl groups is 1. The van der Waals surface area contributed by atoms with Crippen LogP contribution in [0.3, 0.4) is 0 Å². The van der Waals surface area contributed by atoms with E-state index in [0.717, 1.165) is 6.42 Å². The summed E-state index contributed by atoms with van der Waals surface area (Å²) in [6.45, 7) is 8.78. The van der Waals surface area contributed by atoms with Crippen LogP contribution in [0, 0.1) is 5.92 Å². The Labute approximate surface area is 100 Å². The van der Waals surface area contributed by atoms with Crippen molar-refractivity contribution < 1.29 is 5.11 Å². The average Bonchev–Trinajstić information content (AvgIpc) is 2.27. The normalized spacial score (nSPS) is 21.2. The van der Waals surface area contributed by atoms with Crippen molar-refractivity contribution in [2.24, 2.45) is 5.92 Å². The Hall–Kier alpha value is -0.120. The minimum atomic E-state index is 0.347. The molecule has 1 unspecified atom stereocenters. The number of unbranched alkanes of at least 4 members (excludes halogenated alkanes) is 1. The van der Waals surface area contributed by atoms with Crippen molar-refractivity contribution in [3.05, 3.63) is 0 Å². The summed E-state index contributed by atoms with van der Waals surface area (Å²) in [7, 11) is 2.20. The first-order valence-corrected chi connectivity index (χ1v) is 6.74. The lowest BCUT2D eigenvalue weighted by Gasteiger charge is -2.32. The van der Waals surface area contributed by atoms with E-state index in [1.165, 1.54) is 52.0 Å². The van der Waals surface area contributed by atoms with Gasteiger partial charge in [0.15, 0.2) is 0 Å². The molecular weight excluding hydrogens is 200 g/mol. The maximum Gasteiger partial charge on any atom is 0.0433 e. The Balaban J connectivity index is 1.95. The SMILES string of the molecule is CC(CCO)CCCCN1CCN(C)CC1. The lowest BCUT2D eigenvalue weighted by molar-refractivity contribution is 0.151. The fourth-order valence-corrected chi connectivity index (χ4v) is 2.26. The number of rotatable bonds is 7. The van der Waals surface area contributed by atoms with Crippen molar-refractivity contribution in [1.29, 1.82) is 0 Å². The monoisotopic (exact) mass is 228 g/mol. The molecule has 0 aromatic heterocycles. The Morgan fingerprint density at radius 3 is 2.38 bits per heavy atom. The highest BCUT2D eigenvalue weighted by atomic mass is 16.3. The Morgan fingerprint density at radius 1 is 1.06 bits per heavy atom. The molecule has 0 saturated carbocycles. The molecule has 1 fully saturated rings. The average molecular weight is 228 g/mol. The van der Waals surface area contributed by atoms with Crippen LogP contribution in [-0.4, -0.2) is 61.3 Å². The van der Waals surface area contributed by atoms with Gasteiger partial charge in [-0.2, -0.15) is 0 Å². The molecule has 1 aliphatic rings. The fourth-order valence-electron chi connectivity index (χ4n) is 2.26. The van der Waals surface area contributed by atoms with Gasteiger partial charge in [0.2, 0.25) is 0 Å². The number of likely N-dealkylation sites (N-methyl/N-ethyl adjacent to an activating group) is 1. The number of aliphatic hydroxyl groups excluding tert-OH is 1. The predicted molar refractivity (Wildman–Crippen MR) is 68.7 cm³/mol. The second-order valence-corrected chi connectivity index (χ2v) is 5.26. The van der Waals surface area contributed by atoms with Crippen molar-refractivity contribution in [3.8, 4) is 0 Å². The molecule has 96 valence electrons. The molecule has 1 heterocycles. The van der Waals surface area contributed by atoms with Gasteiger partial charge in [-0.25, -0.2) is 0 Å². The smallest absolute Gasteiger partial charge is 0.0433 e. The molecule has 0 aliphatic carbocycles. The van der Waals surface area contributed by atoms with Gasteiger partial charge in [-0.05, 0) is 32.4 Å². The van der Waals surface area contributed by atoms with Gasteiger partial charge in [0.1, 0.15) is 0 Å². The topological polar surface area (TPSA) is 26.7 Å². The molecule has 3 heteroatoms. The van der Waals surface area contributed by atoms with Crippen LogP contribution in [0.15, 0.2) is 0 Å². The molecule has 0 aromatic rings. The van der Waals surface area contributed by atoms with Crippen LogP contribution in [0.1, 0.15) is 32.6 Å². The van der Waals surface area contributed by atoms with Gasteiger partial charge in [-0.15, -0.1) is 0 Å². The molecular formula is C13H28N2O. The van der Waals surface area contributed by atoms with Gasteiger partial charge in [0, 0.05) is 32.8 Å². The highest BCUT2D eigenvalue weighted by Crippen LogP contribution is 2.12. The van der Waals surface area contributed by atoms with E-state index in [9.17, 15) is 0 Å². The largest absolute Gasteiger partial charge is 0.396 e. The van der Waals surface area contributed by atoms with Crippen LogP contribution < -0.4 is 0 Å². The molecule has 1 aliphatic heterocycles. The van der Waals surface area contributed by atoms with Crippen LogP contribution >= 0.6 is 0 Å². The highest BCUT2D eigenvalue weighted by molar-refractivity contribution is 4.69. The first kappa shape index (κ1) is 13.9. The lowest BCUT2D eigenvalue weighted by Crippen LogP contribution is -2.44. The summed E-state index contributed by atoms with van der Waals surface area (Å²) in [4.78, 5) is 4.98. The van der Waals surface area contributed by atoms with Gasteiger partial charge < -0.3 is 14.9 Å². The standard InChI is InChI=1S/C13H28N2O/c1-13(6-12-16)5-3-4-7-15-10-8-14(2)9-11-15/h13,16H,3-12H2,1-2H3. The molecule has 0 spiro atoms. The second-order valence-electron chi connectivity index (χ2n) is 5.26. The Kier molecular flexibility index (Phi) is 7.01. The van der Waals surface area contributed by atoms with Crippen molar-refractivity contribution in [1.82, 2.24) is 9.80 Å². The first-order valence-electron chi connectivity index (χ1n) is 6.74. The number of nitrogens with zero attached hydrogens (tertiary/aromatic N) is 2. The van der Waals surface area contributed by atoms with Crippen molar-refractivity contribution >= 4 is 0 Å². The van der Waals surface area contributed by atoms with E-state index in [1.807, 2.05) is 0 Å². The van der Waals surface area contributed by atoms with Crippen LogP contribution in [0.5, 0.6) is 0 Å². The van der Waals surface area contributed by atoms with Crippen molar-refractivity contribution in [2.45, 2.75) is 32.6 Å². The van der Waals surface area contributed by atoms with E-state index in [4.69, 9.17) is 5.11 Å². The Bertz CT molecular complexity index is 167. The quantitative estimate of drug-likeness (QED) is 0.668. The summed E-state index contributed by atoms with van der Waals surface area (Å²) in [5.74, 6) is 0.692. The summed E-state index contributed by atoms with van der Waals surface area (Å²) >= 11 is 0. The molecule has 1 rings (SSSR count). The fraction of sp³-hybridized carbons (Fsp3) is 1.00. The zero-order valence-corrected chi connectivity index (χ0v) is 11.0. The maximum absolute atomic E-state index is 8.81. The second kappa shape index (κ2) is 8.04. The van der Waals surface area contributed by atoms with E-state index in [0.29, 0.717) is 12.5 Å². The van der Waals surface area contributed by atoms with Gasteiger partial charge in [0.05, 0.1) is 0 Å². The third-order valence-corrected chi connectivity index (χ3v) is 3.64. The van der Waals surface area contributed by atoms with E-state index in [-0.39, 0.29) is 0 Å². The number of piperazine rings is 1. The molecule has 0 radical (unpaired) electrons. The summed E-state index contributed by atoms with van der Waals surface area (Å²) in [6, 6.07) is 0. The maximum atomic E-state index is 8.81. The number of hydrogen-bond donors (Lipinski definition) is 1. The zero-order valence-electron chi connectivity index (χ0n) is 11.0. The van der Waals surface area contributed by atoms with Gasteiger partial charge in [-0.1, -0.05) is 19.8 Å². The van der Waals surface area contributed by atoms with Crippen molar-refractivity contribution in [2.75, 3.05) is 46.4 Å². The molecule has 0 aromatic carbocycles. The zero-order chi connectivity index (χ0) is 11.8. The van der Waals surface area contributed by atoms with Crippen LogP contribution in [-0.2, 0) is 0 Å². The van der Waals surface area contributed by atoms with Gasteiger partial charge >= 0.3 is 0 Å². The molecule has 3 nitrogen and oxygen atoms in total. The Morgan fingerprint density at radius 2 is 1.75 bits per heavy atom. The lowest BCUT2D eigenvalue weighted by atomic mass is 10.0. The third-order valence-electron chi connectivity index (χ3n) is 3.64. The van der Waals surface area contributed by atoms with E-state index < -0.39 is 0 Å². The highest BCUT2D eigenvalue weighted by Gasteiger charge is 2.12. The van der Waals surface area contributed by atoms with Crippen LogP contribution in [0.25, 0.3) is 0 Å². The van der Waals surface area contributed by atoms with Gasteiger partial charge in [-0.3, -0.25) is 0 Å². The summed E-state index contributed by atoms with van der Waals surface area (Å²) in [6.07, 6.45) is 4.87. The molecule has 0 amide bonds. The summed E-state index contributed by atoms with van der Waals surface area (Å²) in [5, 5.41) is 8.81. The first-order chi connectivity index (χ1) is 7.72.